The number of hydrogen-bond donors (Lipinski definition) is 0. The summed E-state index contributed by atoms with van der Waals surface area (Å²) in [4.78, 5) is 10.7. The van der Waals surface area contributed by atoms with E-state index in [-0.39, 0.29) is 0 Å². The Kier molecular flexibility index (Phi) is 4.24. The Labute approximate surface area is 106 Å². The minimum absolute atomic E-state index is 0.352. The van der Waals surface area contributed by atoms with E-state index >= 15 is 0 Å². The zero-order valence-corrected chi connectivity index (χ0v) is 10.6. The summed E-state index contributed by atoms with van der Waals surface area (Å²) in [6, 6.07) is 0.352. The number of halogens is 2. The van der Waals surface area contributed by atoms with E-state index in [0.29, 0.717) is 16.9 Å². The lowest BCUT2D eigenvalue weighted by molar-refractivity contribution is 0.610. The van der Waals surface area contributed by atoms with Gasteiger partial charge in [0, 0.05) is 18.5 Å². The Bertz CT molecular complexity index is 329. The number of anilines is 1. The van der Waals surface area contributed by atoms with Gasteiger partial charge in [-0.2, -0.15) is 0 Å². The van der Waals surface area contributed by atoms with Crippen molar-refractivity contribution < 1.29 is 0 Å². The third-order valence-corrected chi connectivity index (χ3v) is 3.47. The van der Waals surface area contributed by atoms with E-state index in [1.165, 1.54) is 19.3 Å². The van der Waals surface area contributed by atoms with Crippen molar-refractivity contribution in [1.29, 1.82) is 0 Å². The highest BCUT2D eigenvalue weighted by Gasteiger charge is 2.22. The first-order chi connectivity index (χ1) is 7.81. The van der Waals surface area contributed by atoms with Gasteiger partial charge in [0.1, 0.15) is 0 Å². The zero-order chi connectivity index (χ0) is 11.4. The standard InChI is InChI=1S/C11H15Cl2N3/c12-6-10-4-2-1-3-5-16(10)11-14-7-9(13)8-15-11/h7-8,10H,1-6H2. The topological polar surface area (TPSA) is 29.0 Å². The first kappa shape index (κ1) is 11.9. The van der Waals surface area contributed by atoms with Gasteiger partial charge in [0.05, 0.1) is 17.4 Å². The summed E-state index contributed by atoms with van der Waals surface area (Å²) < 4.78 is 0. The van der Waals surface area contributed by atoms with Crippen LogP contribution >= 0.6 is 23.2 Å². The molecule has 0 aromatic carbocycles. The van der Waals surface area contributed by atoms with Crippen LogP contribution in [0.2, 0.25) is 5.02 Å². The fourth-order valence-corrected chi connectivity index (χ4v) is 2.47. The van der Waals surface area contributed by atoms with Gasteiger partial charge in [-0.15, -0.1) is 11.6 Å². The van der Waals surface area contributed by atoms with Crippen LogP contribution in [0.3, 0.4) is 0 Å². The Hall–Kier alpha value is -0.540. The van der Waals surface area contributed by atoms with Crippen molar-refractivity contribution in [2.24, 2.45) is 0 Å². The highest BCUT2D eigenvalue weighted by atomic mass is 35.5. The van der Waals surface area contributed by atoms with Gasteiger partial charge >= 0.3 is 0 Å². The largest absolute Gasteiger partial charge is 0.337 e. The van der Waals surface area contributed by atoms with Crippen molar-refractivity contribution in [3.8, 4) is 0 Å². The quantitative estimate of drug-likeness (QED) is 0.765. The SMILES string of the molecule is ClCC1CCCCCN1c1ncc(Cl)cn1. The lowest BCUT2D eigenvalue weighted by Crippen LogP contribution is -2.37. The normalized spacial score (nSPS) is 21.9. The Morgan fingerprint density at radius 2 is 2.00 bits per heavy atom. The molecule has 1 aromatic heterocycles. The van der Waals surface area contributed by atoms with Gasteiger partial charge in [-0.1, -0.05) is 24.4 Å². The molecule has 1 fully saturated rings. The van der Waals surface area contributed by atoms with E-state index in [1.807, 2.05) is 0 Å². The van der Waals surface area contributed by atoms with Crippen LogP contribution in [-0.4, -0.2) is 28.4 Å². The van der Waals surface area contributed by atoms with Gasteiger partial charge in [0.25, 0.3) is 0 Å². The van der Waals surface area contributed by atoms with Crippen LogP contribution in [0.25, 0.3) is 0 Å². The summed E-state index contributed by atoms with van der Waals surface area (Å²) in [5, 5.41) is 0.570. The van der Waals surface area contributed by atoms with Crippen LogP contribution in [0, 0.1) is 0 Å². The van der Waals surface area contributed by atoms with E-state index in [2.05, 4.69) is 14.9 Å². The Balaban J connectivity index is 2.18. The molecule has 3 nitrogen and oxygen atoms in total. The van der Waals surface area contributed by atoms with Crippen molar-refractivity contribution in [3.05, 3.63) is 17.4 Å². The van der Waals surface area contributed by atoms with Crippen LogP contribution in [-0.2, 0) is 0 Å². The predicted octanol–water partition coefficient (Wildman–Crippen LogP) is 3.12. The third-order valence-electron chi connectivity index (χ3n) is 2.92. The maximum absolute atomic E-state index is 6.01. The molecule has 5 heteroatoms. The van der Waals surface area contributed by atoms with E-state index in [1.54, 1.807) is 12.4 Å². The van der Waals surface area contributed by atoms with Gasteiger partial charge in [-0.25, -0.2) is 9.97 Å². The molecule has 2 heterocycles. The molecule has 0 saturated carbocycles. The molecule has 2 rings (SSSR count). The monoisotopic (exact) mass is 259 g/mol. The molecule has 1 aliphatic rings. The van der Waals surface area contributed by atoms with Crippen LogP contribution < -0.4 is 4.90 Å². The molecule has 1 aromatic rings. The molecule has 0 aliphatic carbocycles. The number of rotatable bonds is 2. The fraction of sp³-hybridized carbons (Fsp3) is 0.636. The molecular formula is C11H15Cl2N3. The minimum atomic E-state index is 0.352. The lowest BCUT2D eigenvalue weighted by Gasteiger charge is -2.28. The number of aromatic nitrogens is 2. The van der Waals surface area contributed by atoms with Crippen molar-refractivity contribution in [1.82, 2.24) is 9.97 Å². The second-order valence-electron chi connectivity index (χ2n) is 4.05. The third kappa shape index (κ3) is 2.77. The van der Waals surface area contributed by atoms with Crippen LogP contribution in [0.15, 0.2) is 12.4 Å². The van der Waals surface area contributed by atoms with E-state index in [0.717, 1.165) is 18.9 Å². The molecule has 0 bridgehead atoms. The first-order valence-corrected chi connectivity index (χ1v) is 6.52. The van der Waals surface area contributed by atoms with Gasteiger partial charge in [-0.05, 0) is 12.8 Å². The number of hydrogen-bond acceptors (Lipinski definition) is 3. The molecule has 1 aliphatic heterocycles. The highest BCUT2D eigenvalue weighted by molar-refractivity contribution is 6.30. The molecule has 0 amide bonds. The molecule has 0 spiro atoms. The first-order valence-electron chi connectivity index (χ1n) is 5.61. The van der Waals surface area contributed by atoms with Gasteiger partial charge in [-0.3, -0.25) is 0 Å². The summed E-state index contributed by atoms with van der Waals surface area (Å²) in [6.45, 7) is 0.985. The molecule has 1 unspecified atom stereocenters. The zero-order valence-electron chi connectivity index (χ0n) is 9.07. The van der Waals surface area contributed by atoms with Crippen molar-refractivity contribution in [3.63, 3.8) is 0 Å². The summed E-state index contributed by atoms with van der Waals surface area (Å²) >= 11 is 11.8. The molecule has 88 valence electrons. The summed E-state index contributed by atoms with van der Waals surface area (Å²) in [5.41, 5.74) is 0. The number of alkyl halides is 1. The van der Waals surface area contributed by atoms with Crippen LogP contribution in [0.5, 0.6) is 0 Å². The molecular weight excluding hydrogens is 245 g/mol. The van der Waals surface area contributed by atoms with Crippen LogP contribution in [0.4, 0.5) is 5.95 Å². The highest BCUT2D eigenvalue weighted by Crippen LogP contribution is 2.22. The second kappa shape index (κ2) is 5.69. The van der Waals surface area contributed by atoms with Gasteiger partial charge in [0.2, 0.25) is 5.95 Å². The maximum Gasteiger partial charge on any atom is 0.225 e. The number of nitrogens with zero attached hydrogens (tertiary/aromatic N) is 3. The van der Waals surface area contributed by atoms with Crippen molar-refractivity contribution >= 4 is 29.2 Å². The average molecular weight is 260 g/mol. The molecule has 16 heavy (non-hydrogen) atoms. The predicted molar refractivity (Wildman–Crippen MR) is 67.4 cm³/mol. The van der Waals surface area contributed by atoms with E-state index < -0.39 is 0 Å². The average Bonchev–Trinajstić information content (AvgIpc) is 2.55. The maximum atomic E-state index is 6.01. The van der Waals surface area contributed by atoms with E-state index in [9.17, 15) is 0 Å². The summed E-state index contributed by atoms with van der Waals surface area (Å²) in [7, 11) is 0. The summed E-state index contributed by atoms with van der Waals surface area (Å²) in [5.74, 6) is 1.38. The van der Waals surface area contributed by atoms with Gasteiger partial charge in [0.15, 0.2) is 0 Å². The minimum Gasteiger partial charge on any atom is -0.337 e. The molecule has 1 atom stereocenters. The van der Waals surface area contributed by atoms with Crippen LogP contribution in [0.1, 0.15) is 25.7 Å². The summed E-state index contributed by atoms with van der Waals surface area (Å²) in [6.07, 6.45) is 8.08. The van der Waals surface area contributed by atoms with Crippen molar-refractivity contribution in [2.45, 2.75) is 31.7 Å². The van der Waals surface area contributed by atoms with Crippen molar-refractivity contribution in [2.75, 3.05) is 17.3 Å². The molecule has 0 N–H and O–H groups in total. The molecule has 1 saturated heterocycles. The Morgan fingerprint density at radius 3 is 2.69 bits per heavy atom. The lowest BCUT2D eigenvalue weighted by atomic mass is 10.1. The van der Waals surface area contributed by atoms with E-state index in [4.69, 9.17) is 23.2 Å². The molecule has 0 radical (unpaired) electrons. The fourth-order valence-electron chi connectivity index (χ4n) is 2.05. The smallest absolute Gasteiger partial charge is 0.225 e. The van der Waals surface area contributed by atoms with Gasteiger partial charge < -0.3 is 4.90 Å². The Morgan fingerprint density at radius 1 is 1.25 bits per heavy atom. The second-order valence-corrected chi connectivity index (χ2v) is 4.80.